The zero-order valence-electron chi connectivity index (χ0n) is 41.0. The predicted octanol–water partition coefficient (Wildman–Crippen LogP) is 13.4. The first-order valence-electron chi connectivity index (χ1n) is 25.7. The standard InChI is InChI=1S/C54H97NO7/c1-6-8-10-12-14-16-18-20-22-24-25-26-27-29-31-33-35-37-39-41-43-45-53(57)62-50(48-60-47-46-51(54(58)59)55(3,4)5)49-61-52(56)44-42-40-38-36-34-32-30-28-23-21-19-17-15-13-11-9-7-2/h21,23,26-27,30,32,36,38,50-51H,6-20,22,24-25,28-29,31,33-35,37,39-49H2,1-5H3/b23-21+,27-26+,32-30+,38-36+. The summed E-state index contributed by atoms with van der Waals surface area (Å²) in [6.45, 7) is 4.62. The smallest absolute Gasteiger partial charge is 0.306 e. The van der Waals surface area contributed by atoms with E-state index in [1.807, 2.05) is 0 Å². The van der Waals surface area contributed by atoms with Crippen molar-refractivity contribution < 1.29 is 38.2 Å². The van der Waals surface area contributed by atoms with Crippen LogP contribution in [-0.2, 0) is 28.6 Å². The minimum absolute atomic E-state index is 0.0234. The van der Waals surface area contributed by atoms with Crippen molar-refractivity contribution in [3.05, 3.63) is 48.6 Å². The maximum Gasteiger partial charge on any atom is 0.306 e. The van der Waals surface area contributed by atoms with Crippen LogP contribution in [-0.4, -0.2) is 75.5 Å². The van der Waals surface area contributed by atoms with Gasteiger partial charge in [-0.1, -0.05) is 184 Å². The highest BCUT2D eigenvalue weighted by atomic mass is 16.6. The zero-order chi connectivity index (χ0) is 45.6. The molecule has 0 amide bonds. The van der Waals surface area contributed by atoms with E-state index in [1.54, 1.807) is 21.1 Å². The summed E-state index contributed by atoms with van der Waals surface area (Å²) < 4.78 is 17.2. The Morgan fingerprint density at radius 2 is 0.871 bits per heavy atom. The second-order valence-electron chi connectivity index (χ2n) is 18.4. The van der Waals surface area contributed by atoms with Crippen LogP contribution in [0.3, 0.4) is 0 Å². The van der Waals surface area contributed by atoms with Gasteiger partial charge in [0.05, 0.1) is 40.3 Å². The van der Waals surface area contributed by atoms with Crippen LogP contribution in [0.1, 0.15) is 226 Å². The molecule has 62 heavy (non-hydrogen) atoms. The Kier molecular flexibility index (Phi) is 42.9. The quantitative estimate of drug-likeness (QED) is 0.0260. The van der Waals surface area contributed by atoms with Crippen molar-refractivity contribution in [1.29, 1.82) is 0 Å². The maximum absolute atomic E-state index is 12.8. The largest absolute Gasteiger partial charge is 0.544 e. The third-order valence-corrected chi connectivity index (χ3v) is 11.4. The lowest BCUT2D eigenvalue weighted by atomic mass is 10.1. The molecule has 0 aromatic rings. The number of carbonyl (C=O) groups excluding carboxylic acids is 3. The first kappa shape index (κ1) is 59.3. The van der Waals surface area contributed by atoms with Crippen LogP contribution < -0.4 is 5.11 Å². The van der Waals surface area contributed by atoms with Crippen molar-refractivity contribution in [3.8, 4) is 0 Å². The number of carboxylic acids is 1. The molecular formula is C54H97NO7. The first-order chi connectivity index (χ1) is 30.1. The Morgan fingerprint density at radius 1 is 0.484 bits per heavy atom. The third-order valence-electron chi connectivity index (χ3n) is 11.4. The van der Waals surface area contributed by atoms with E-state index in [4.69, 9.17) is 14.2 Å². The van der Waals surface area contributed by atoms with Crippen LogP contribution in [0, 0.1) is 0 Å². The summed E-state index contributed by atoms with van der Waals surface area (Å²) in [4.78, 5) is 37.0. The van der Waals surface area contributed by atoms with E-state index in [0.717, 1.165) is 38.5 Å². The third kappa shape index (κ3) is 42.6. The van der Waals surface area contributed by atoms with E-state index in [2.05, 4.69) is 62.5 Å². The van der Waals surface area contributed by atoms with E-state index in [9.17, 15) is 19.5 Å². The highest BCUT2D eigenvalue weighted by molar-refractivity contribution is 5.70. The van der Waals surface area contributed by atoms with Crippen molar-refractivity contribution >= 4 is 17.9 Å². The molecule has 0 rings (SSSR count). The fourth-order valence-corrected chi connectivity index (χ4v) is 7.44. The van der Waals surface area contributed by atoms with Crippen LogP contribution in [0.2, 0.25) is 0 Å². The number of likely N-dealkylation sites (N-methyl/N-ethyl adjacent to an activating group) is 1. The van der Waals surface area contributed by atoms with Crippen molar-refractivity contribution in [1.82, 2.24) is 0 Å². The molecular weight excluding hydrogens is 775 g/mol. The summed E-state index contributed by atoms with van der Waals surface area (Å²) >= 11 is 0. The van der Waals surface area contributed by atoms with Gasteiger partial charge in [-0.3, -0.25) is 9.59 Å². The average molecular weight is 872 g/mol. The average Bonchev–Trinajstić information content (AvgIpc) is 3.23. The molecule has 8 heteroatoms. The molecule has 0 saturated heterocycles. The highest BCUT2D eigenvalue weighted by Gasteiger charge is 2.25. The van der Waals surface area contributed by atoms with Crippen LogP contribution in [0.25, 0.3) is 0 Å². The number of nitrogens with zero attached hydrogens (tertiary/aromatic N) is 1. The number of hydrogen-bond donors (Lipinski definition) is 0. The molecule has 0 fully saturated rings. The SMILES string of the molecule is CCCCCCCC/C=C/C/C=C/C/C=C/CCCC(=O)OCC(COCCC(C(=O)[O-])[N+](C)(C)C)OC(=O)CCCCCCCCC/C=C/CCCCCCCCCCCC. The minimum atomic E-state index is -1.13. The number of unbranched alkanes of at least 4 members (excludes halogenated alkanes) is 24. The van der Waals surface area contributed by atoms with Gasteiger partial charge < -0.3 is 28.6 Å². The lowest BCUT2D eigenvalue weighted by molar-refractivity contribution is -0.889. The molecule has 0 aromatic carbocycles. The van der Waals surface area contributed by atoms with Crippen molar-refractivity contribution in [3.63, 3.8) is 0 Å². The fourth-order valence-electron chi connectivity index (χ4n) is 7.44. The van der Waals surface area contributed by atoms with E-state index < -0.39 is 18.1 Å². The minimum Gasteiger partial charge on any atom is -0.544 e. The van der Waals surface area contributed by atoms with E-state index in [1.165, 1.54) is 148 Å². The van der Waals surface area contributed by atoms with E-state index >= 15 is 0 Å². The molecule has 0 heterocycles. The molecule has 0 aliphatic rings. The summed E-state index contributed by atoms with van der Waals surface area (Å²) in [7, 11) is 5.40. The van der Waals surface area contributed by atoms with Crippen LogP contribution in [0.4, 0.5) is 0 Å². The summed E-state index contributed by atoms with van der Waals surface area (Å²) in [6.07, 6.45) is 54.4. The molecule has 0 N–H and O–H groups in total. The first-order valence-corrected chi connectivity index (χ1v) is 25.7. The van der Waals surface area contributed by atoms with Crippen LogP contribution >= 0.6 is 0 Å². The van der Waals surface area contributed by atoms with Crippen molar-refractivity contribution in [2.24, 2.45) is 0 Å². The van der Waals surface area contributed by atoms with Crippen molar-refractivity contribution in [2.45, 2.75) is 238 Å². The van der Waals surface area contributed by atoms with Gasteiger partial charge in [0.25, 0.3) is 0 Å². The number of allylic oxidation sites excluding steroid dienone is 8. The maximum atomic E-state index is 12.8. The summed E-state index contributed by atoms with van der Waals surface area (Å²) in [6, 6.07) is -0.735. The number of esters is 2. The molecule has 8 nitrogen and oxygen atoms in total. The Morgan fingerprint density at radius 3 is 1.32 bits per heavy atom. The van der Waals surface area contributed by atoms with Gasteiger partial charge in [-0.2, -0.15) is 0 Å². The number of carbonyl (C=O) groups is 3. The fraction of sp³-hybridized carbons (Fsp3) is 0.796. The number of rotatable bonds is 46. The number of quaternary nitrogens is 1. The molecule has 0 spiro atoms. The Hall–Kier alpha value is -2.71. The second kappa shape index (κ2) is 44.9. The zero-order valence-corrected chi connectivity index (χ0v) is 41.0. The molecule has 0 saturated carbocycles. The number of ether oxygens (including phenoxy) is 3. The van der Waals surface area contributed by atoms with E-state index in [-0.39, 0.29) is 49.1 Å². The molecule has 2 atom stereocenters. The molecule has 0 aromatic heterocycles. The molecule has 0 aliphatic carbocycles. The van der Waals surface area contributed by atoms with Gasteiger partial charge in [-0.25, -0.2) is 0 Å². The van der Waals surface area contributed by atoms with Crippen LogP contribution in [0.15, 0.2) is 48.6 Å². The normalized spacial score (nSPS) is 13.2. The number of hydrogen-bond acceptors (Lipinski definition) is 7. The van der Waals surface area contributed by atoms with Gasteiger partial charge in [0.2, 0.25) is 0 Å². The van der Waals surface area contributed by atoms with Gasteiger partial charge in [0.1, 0.15) is 12.6 Å². The summed E-state index contributed by atoms with van der Waals surface area (Å²) in [5.74, 6) is -1.80. The monoisotopic (exact) mass is 872 g/mol. The lowest BCUT2D eigenvalue weighted by Crippen LogP contribution is -2.55. The Balaban J connectivity index is 4.32. The molecule has 0 bridgehead atoms. The van der Waals surface area contributed by atoms with Crippen molar-refractivity contribution in [2.75, 3.05) is 41.0 Å². The molecule has 0 radical (unpaired) electrons. The second-order valence-corrected chi connectivity index (χ2v) is 18.4. The molecule has 2 unspecified atom stereocenters. The highest BCUT2D eigenvalue weighted by Crippen LogP contribution is 2.15. The van der Waals surface area contributed by atoms with Gasteiger partial charge in [-0.05, 0) is 70.6 Å². The molecule has 0 aliphatic heterocycles. The topological polar surface area (TPSA) is 102 Å². The van der Waals surface area contributed by atoms with Gasteiger partial charge in [0, 0.05) is 19.3 Å². The van der Waals surface area contributed by atoms with Gasteiger partial charge >= 0.3 is 11.9 Å². The van der Waals surface area contributed by atoms with E-state index in [0.29, 0.717) is 12.8 Å². The lowest BCUT2D eigenvalue weighted by Gasteiger charge is -2.34. The molecule has 360 valence electrons. The summed E-state index contributed by atoms with van der Waals surface area (Å²) in [5, 5.41) is 11.7. The Labute approximate surface area is 382 Å². The summed E-state index contributed by atoms with van der Waals surface area (Å²) in [5.41, 5.74) is 0. The van der Waals surface area contributed by atoms with Crippen LogP contribution in [0.5, 0.6) is 0 Å². The Bertz CT molecular complexity index is 1150. The van der Waals surface area contributed by atoms with Gasteiger partial charge in [-0.15, -0.1) is 0 Å². The number of aliphatic carboxylic acids is 1. The van der Waals surface area contributed by atoms with Gasteiger partial charge in [0.15, 0.2) is 6.10 Å². The predicted molar refractivity (Wildman–Crippen MR) is 259 cm³/mol. The number of carboxylic acid groups (broad SMARTS) is 1.